The second kappa shape index (κ2) is 4.74. The van der Waals surface area contributed by atoms with Crippen LogP contribution in [0.5, 0.6) is 5.75 Å². The lowest BCUT2D eigenvalue weighted by Gasteiger charge is -2.32. The van der Waals surface area contributed by atoms with E-state index in [2.05, 4.69) is 23.1 Å². The topological polar surface area (TPSA) is 32.7 Å². The van der Waals surface area contributed by atoms with Gasteiger partial charge in [-0.2, -0.15) is 0 Å². The molecule has 1 aromatic rings. The van der Waals surface area contributed by atoms with Crippen molar-refractivity contribution in [1.82, 2.24) is 4.90 Å². The van der Waals surface area contributed by atoms with Crippen molar-refractivity contribution in [1.29, 1.82) is 0 Å². The summed E-state index contributed by atoms with van der Waals surface area (Å²) in [7, 11) is 0. The van der Waals surface area contributed by atoms with E-state index in [-0.39, 0.29) is 0 Å². The van der Waals surface area contributed by atoms with Gasteiger partial charge in [0.15, 0.2) is 0 Å². The highest BCUT2D eigenvalue weighted by atomic mass is 16.5. The molecule has 108 valence electrons. The highest BCUT2D eigenvalue weighted by Crippen LogP contribution is 2.42. The fourth-order valence-corrected chi connectivity index (χ4v) is 3.89. The maximum Gasteiger partial charge on any atom is 0.122 e. The van der Waals surface area contributed by atoms with Crippen LogP contribution in [0, 0.1) is 0 Å². The Bertz CT molecular complexity index is 500. The molecule has 0 aromatic heterocycles. The molecule has 4 rings (SSSR count). The summed E-state index contributed by atoms with van der Waals surface area (Å²) in [5.74, 6) is 1.47. The Labute approximate surface area is 120 Å². The van der Waals surface area contributed by atoms with Gasteiger partial charge in [0, 0.05) is 19.1 Å². The van der Waals surface area contributed by atoms with Crippen LogP contribution in [0.25, 0.3) is 0 Å². The van der Waals surface area contributed by atoms with Gasteiger partial charge in [-0.05, 0) is 49.7 Å². The summed E-state index contributed by atoms with van der Waals surface area (Å²) in [5, 5.41) is 10.9. The van der Waals surface area contributed by atoms with E-state index >= 15 is 0 Å². The van der Waals surface area contributed by atoms with Gasteiger partial charge in [-0.1, -0.05) is 18.2 Å². The van der Waals surface area contributed by atoms with E-state index in [9.17, 15) is 5.11 Å². The Kier molecular flexibility index (Phi) is 3.00. The summed E-state index contributed by atoms with van der Waals surface area (Å²) in [5.41, 5.74) is 0.801. The van der Waals surface area contributed by atoms with Crippen LogP contribution in [0.2, 0.25) is 0 Å². The summed E-state index contributed by atoms with van der Waals surface area (Å²) >= 11 is 0. The van der Waals surface area contributed by atoms with Gasteiger partial charge in [0.1, 0.15) is 5.75 Å². The third-order valence-electron chi connectivity index (χ3n) is 5.13. The zero-order valence-electron chi connectivity index (χ0n) is 11.9. The number of fused-ring (bicyclic) bond motifs is 1. The highest BCUT2D eigenvalue weighted by molar-refractivity contribution is 5.38. The largest absolute Gasteiger partial charge is 0.493 e. The predicted octanol–water partition coefficient (Wildman–Crippen LogP) is 2.54. The molecule has 0 radical (unpaired) electrons. The lowest BCUT2D eigenvalue weighted by Crippen LogP contribution is -2.36. The number of hydrogen-bond acceptors (Lipinski definition) is 3. The predicted molar refractivity (Wildman–Crippen MR) is 78.1 cm³/mol. The Hall–Kier alpha value is -1.06. The molecule has 3 nitrogen and oxygen atoms in total. The van der Waals surface area contributed by atoms with Crippen LogP contribution in [0.1, 0.15) is 43.6 Å². The van der Waals surface area contributed by atoms with Crippen molar-refractivity contribution in [2.75, 3.05) is 19.7 Å². The fraction of sp³-hybridized carbons (Fsp3) is 0.647. The first-order valence-electron chi connectivity index (χ1n) is 7.92. The summed E-state index contributed by atoms with van der Waals surface area (Å²) < 4.78 is 5.73. The maximum atomic E-state index is 10.9. The fourth-order valence-electron chi connectivity index (χ4n) is 3.89. The molecule has 2 fully saturated rings. The molecular formula is C17H23NO2. The third kappa shape index (κ3) is 2.33. The van der Waals surface area contributed by atoms with Gasteiger partial charge in [0.05, 0.1) is 12.2 Å². The minimum atomic E-state index is -0.488. The normalized spacial score (nSPS) is 33.8. The molecule has 3 heteroatoms. The summed E-state index contributed by atoms with van der Waals surface area (Å²) in [6.07, 6.45) is 5.51. The van der Waals surface area contributed by atoms with Gasteiger partial charge in [0.2, 0.25) is 0 Å². The van der Waals surface area contributed by atoms with Crippen molar-refractivity contribution in [3.63, 3.8) is 0 Å². The van der Waals surface area contributed by atoms with E-state index in [1.54, 1.807) is 0 Å². The van der Waals surface area contributed by atoms with Crippen molar-refractivity contribution in [2.24, 2.45) is 0 Å². The molecule has 0 spiro atoms. The minimum Gasteiger partial charge on any atom is -0.493 e. The number of likely N-dealkylation sites (tertiary alicyclic amines) is 1. The second-order valence-corrected chi connectivity index (χ2v) is 6.75. The van der Waals surface area contributed by atoms with Crippen molar-refractivity contribution < 1.29 is 9.84 Å². The minimum absolute atomic E-state index is 0.448. The molecule has 0 amide bonds. The van der Waals surface area contributed by atoms with Crippen molar-refractivity contribution in [3.05, 3.63) is 29.8 Å². The smallest absolute Gasteiger partial charge is 0.122 e. The van der Waals surface area contributed by atoms with E-state index in [1.807, 2.05) is 6.07 Å². The Balaban J connectivity index is 1.49. The van der Waals surface area contributed by atoms with Crippen LogP contribution in [0.4, 0.5) is 0 Å². The molecule has 20 heavy (non-hydrogen) atoms. The number of β-amino-alcohol motifs (C(OH)–C–C–N with tert-alkyl or cyclic N) is 1. The second-order valence-electron chi connectivity index (χ2n) is 6.75. The number of ether oxygens (including phenoxy) is 1. The molecule has 1 aromatic carbocycles. The van der Waals surface area contributed by atoms with Crippen molar-refractivity contribution in [3.8, 4) is 5.75 Å². The van der Waals surface area contributed by atoms with E-state index in [0.29, 0.717) is 5.92 Å². The van der Waals surface area contributed by atoms with E-state index in [1.165, 1.54) is 18.4 Å². The first kappa shape index (κ1) is 12.7. The summed E-state index contributed by atoms with van der Waals surface area (Å²) in [6.45, 7) is 2.73. The quantitative estimate of drug-likeness (QED) is 0.918. The van der Waals surface area contributed by atoms with Gasteiger partial charge in [0.25, 0.3) is 0 Å². The van der Waals surface area contributed by atoms with Gasteiger partial charge in [-0.15, -0.1) is 0 Å². The number of rotatable bonds is 3. The Morgan fingerprint density at radius 2 is 2.10 bits per heavy atom. The molecule has 2 heterocycles. The van der Waals surface area contributed by atoms with Crippen LogP contribution >= 0.6 is 0 Å². The average molecular weight is 273 g/mol. The molecular weight excluding hydrogens is 250 g/mol. The van der Waals surface area contributed by atoms with E-state index < -0.39 is 5.60 Å². The van der Waals surface area contributed by atoms with Crippen LogP contribution < -0.4 is 4.74 Å². The summed E-state index contributed by atoms with van der Waals surface area (Å²) in [6, 6.07) is 9.09. The molecule has 3 aliphatic rings. The lowest BCUT2D eigenvalue weighted by molar-refractivity contribution is 0.0286. The first-order valence-corrected chi connectivity index (χ1v) is 7.92. The SMILES string of the molecule is OC1(CC2CCOc3ccccc32)CCN(C2CC2)C1. The average Bonchev–Trinajstić information content (AvgIpc) is 3.23. The number of nitrogens with zero attached hydrogens (tertiary/aromatic N) is 1. The maximum absolute atomic E-state index is 10.9. The monoisotopic (exact) mass is 273 g/mol. The molecule has 2 aliphatic heterocycles. The number of para-hydroxylation sites is 1. The zero-order valence-corrected chi connectivity index (χ0v) is 11.9. The molecule has 2 unspecified atom stereocenters. The first-order chi connectivity index (χ1) is 9.73. The van der Waals surface area contributed by atoms with Crippen LogP contribution in [0.3, 0.4) is 0 Å². The molecule has 1 N–H and O–H groups in total. The number of benzene rings is 1. The van der Waals surface area contributed by atoms with Crippen molar-refractivity contribution >= 4 is 0 Å². The van der Waals surface area contributed by atoms with Gasteiger partial charge in [-0.25, -0.2) is 0 Å². The molecule has 2 atom stereocenters. The van der Waals surface area contributed by atoms with E-state index in [4.69, 9.17) is 4.74 Å². The van der Waals surface area contributed by atoms with Gasteiger partial charge < -0.3 is 9.84 Å². The van der Waals surface area contributed by atoms with Crippen LogP contribution in [-0.2, 0) is 0 Å². The molecule has 1 saturated carbocycles. The standard InChI is InChI=1S/C17H23NO2/c19-17(8-9-18(12-17)14-5-6-14)11-13-7-10-20-16-4-2-1-3-15(13)16/h1-4,13-14,19H,5-12H2. The van der Waals surface area contributed by atoms with Crippen LogP contribution in [0.15, 0.2) is 24.3 Å². The molecule has 1 saturated heterocycles. The molecule has 1 aliphatic carbocycles. The number of aliphatic hydroxyl groups is 1. The van der Waals surface area contributed by atoms with Gasteiger partial charge >= 0.3 is 0 Å². The van der Waals surface area contributed by atoms with Gasteiger partial charge in [-0.3, -0.25) is 4.90 Å². The van der Waals surface area contributed by atoms with Crippen molar-refractivity contribution in [2.45, 2.75) is 49.7 Å². The third-order valence-corrected chi connectivity index (χ3v) is 5.13. The Morgan fingerprint density at radius 1 is 1.25 bits per heavy atom. The van der Waals surface area contributed by atoms with Crippen LogP contribution in [-0.4, -0.2) is 41.3 Å². The Morgan fingerprint density at radius 3 is 2.95 bits per heavy atom. The number of hydrogen-bond donors (Lipinski definition) is 1. The highest BCUT2D eigenvalue weighted by Gasteiger charge is 2.43. The van der Waals surface area contributed by atoms with E-state index in [0.717, 1.165) is 50.8 Å². The summed E-state index contributed by atoms with van der Waals surface area (Å²) in [4.78, 5) is 2.49. The lowest BCUT2D eigenvalue weighted by atomic mass is 9.82. The zero-order chi connectivity index (χ0) is 13.6. The molecule has 0 bridgehead atoms.